The van der Waals surface area contributed by atoms with Crippen LogP contribution in [0.3, 0.4) is 0 Å². The van der Waals surface area contributed by atoms with Crippen molar-refractivity contribution in [2.75, 3.05) is 13.1 Å². The molecule has 0 aliphatic carbocycles. The zero-order valence-corrected chi connectivity index (χ0v) is 22.1. The number of carbonyl (C=O) groups is 1. The molecule has 0 radical (unpaired) electrons. The van der Waals surface area contributed by atoms with Gasteiger partial charge in [0.1, 0.15) is 11.1 Å². The molecular weight excluding hydrogens is 452 g/mol. The van der Waals surface area contributed by atoms with E-state index in [-0.39, 0.29) is 11.7 Å². The Morgan fingerprint density at radius 1 is 1.11 bits per heavy atom. The summed E-state index contributed by atoms with van der Waals surface area (Å²) in [4.78, 5) is 33.7. The summed E-state index contributed by atoms with van der Waals surface area (Å²) in [5, 5.41) is 2.16. The molecule has 5 rings (SSSR count). The third-order valence-corrected chi connectivity index (χ3v) is 7.22. The summed E-state index contributed by atoms with van der Waals surface area (Å²) in [6, 6.07) is 8.70. The van der Waals surface area contributed by atoms with Gasteiger partial charge in [0.2, 0.25) is 0 Å². The average molecular weight is 489 g/mol. The molecule has 0 bridgehead atoms. The molecule has 1 amide bonds. The van der Waals surface area contributed by atoms with E-state index in [4.69, 9.17) is 4.74 Å². The predicted octanol–water partition coefficient (Wildman–Crippen LogP) is 6.25. The number of aromatic amines is 2. The Labute approximate surface area is 211 Å². The van der Waals surface area contributed by atoms with E-state index in [1.165, 1.54) is 16.5 Å². The Morgan fingerprint density at radius 2 is 1.83 bits per heavy atom. The van der Waals surface area contributed by atoms with Gasteiger partial charge in [-0.05, 0) is 74.8 Å². The van der Waals surface area contributed by atoms with E-state index in [1.54, 1.807) is 11.6 Å². The number of aryl methyl sites for hydroxylation is 1. The number of H-pyrrole nitrogens is 2. The molecule has 7 heteroatoms. The average Bonchev–Trinajstić information content (AvgIpc) is 3.45. The predicted molar refractivity (Wildman–Crippen MR) is 145 cm³/mol. The summed E-state index contributed by atoms with van der Waals surface area (Å²) < 4.78 is 7.21. The SMILES string of the molecule is CC(C)c1c(-c2cn(C)c(=O)c3[nH]ccc23)[nH]c2ccc(C3CCN(C(=O)OC(C)(C)C)CC3)cc12. The summed E-state index contributed by atoms with van der Waals surface area (Å²) in [5.41, 5.74) is 5.89. The molecule has 1 fully saturated rings. The number of piperidine rings is 1. The van der Waals surface area contributed by atoms with E-state index >= 15 is 0 Å². The highest BCUT2D eigenvalue weighted by Gasteiger charge is 2.28. The third kappa shape index (κ3) is 4.31. The quantitative estimate of drug-likeness (QED) is 0.357. The number of hydrogen-bond acceptors (Lipinski definition) is 3. The number of nitrogens with zero attached hydrogens (tertiary/aromatic N) is 2. The number of aromatic nitrogens is 3. The monoisotopic (exact) mass is 488 g/mol. The Bertz CT molecular complexity index is 1490. The highest BCUT2D eigenvalue weighted by atomic mass is 16.6. The molecule has 1 saturated heterocycles. The van der Waals surface area contributed by atoms with Crippen LogP contribution in [0.25, 0.3) is 33.1 Å². The Kier molecular flexibility index (Phi) is 5.97. The molecule has 1 aliphatic heterocycles. The molecular formula is C29H36N4O3. The van der Waals surface area contributed by atoms with Crippen LogP contribution in [0.1, 0.15) is 70.4 Å². The molecule has 4 heterocycles. The fourth-order valence-electron chi connectivity index (χ4n) is 5.49. The van der Waals surface area contributed by atoms with Crippen LogP contribution in [0, 0.1) is 0 Å². The van der Waals surface area contributed by atoms with Gasteiger partial charge in [0.15, 0.2) is 0 Å². The van der Waals surface area contributed by atoms with Crippen LogP contribution in [-0.2, 0) is 11.8 Å². The number of pyridine rings is 1. The number of hydrogen-bond donors (Lipinski definition) is 2. The lowest BCUT2D eigenvalue weighted by Gasteiger charge is -2.33. The van der Waals surface area contributed by atoms with Gasteiger partial charge in [-0.1, -0.05) is 19.9 Å². The van der Waals surface area contributed by atoms with E-state index in [0.29, 0.717) is 30.4 Å². The molecule has 36 heavy (non-hydrogen) atoms. The van der Waals surface area contributed by atoms with Crippen molar-refractivity contribution in [1.29, 1.82) is 0 Å². The number of nitrogens with one attached hydrogen (secondary N) is 2. The van der Waals surface area contributed by atoms with Gasteiger partial charge in [-0.15, -0.1) is 0 Å². The Morgan fingerprint density at radius 3 is 2.50 bits per heavy atom. The minimum atomic E-state index is -0.477. The van der Waals surface area contributed by atoms with Crippen molar-refractivity contribution in [2.45, 2.75) is 64.9 Å². The van der Waals surface area contributed by atoms with Crippen molar-refractivity contribution >= 4 is 27.9 Å². The van der Waals surface area contributed by atoms with Crippen molar-refractivity contribution in [3.05, 3.63) is 58.1 Å². The van der Waals surface area contributed by atoms with Crippen molar-refractivity contribution < 1.29 is 9.53 Å². The largest absolute Gasteiger partial charge is 0.444 e. The van der Waals surface area contributed by atoms with Gasteiger partial charge in [-0.3, -0.25) is 4.79 Å². The third-order valence-electron chi connectivity index (χ3n) is 7.22. The number of benzene rings is 1. The Hall–Kier alpha value is -3.48. The second-order valence-electron chi connectivity index (χ2n) is 11.3. The van der Waals surface area contributed by atoms with Crippen molar-refractivity contribution in [3.63, 3.8) is 0 Å². The maximum absolute atomic E-state index is 12.6. The van der Waals surface area contributed by atoms with E-state index in [2.05, 4.69) is 42.0 Å². The van der Waals surface area contributed by atoms with Crippen LogP contribution in [0.2, 0.25) is 0 Å². The van der Waals surface area contributed by atoms with E-state index in [9.17, 15) is 9.59 Å². The van der Waals surface area contributed by atoms with Crippen LogP contribution in [0.15, 0.2) is 41.5 Å². The first-order chi connectivity index (χ1) is 17.0. The van der Waals surface area contributed by atoms with Crippen LogP contribution >= 0.6 is 0 Å². The van der Waals surface area contributed by atoms with Gasteiger partial charge in [0.05, 0.1) is 5.69 Å². The number of carbonyl (C=O) groups excluding carboxylic acids is 1. The molecule has 0 saturated carbocycles. The second-order valence-corrected chi connectivity index (χ2v) is 11.3. The summed E-state index contributed by atoms with van der Waals surface area (Å²) in [7, 11) is 1.80. The van der Waals surface area contributed by atoms with Crippen molar-refractivity contribution in [1.82, 2.24) is 19.4 Å². The highest BCUT2D eigenvalue weighted by molar-refractivity contribution is 5.99. The zero-order chi connectivity index (χ0) is 25.8. The number of rotatable bonds is 3. The van der Waals surface area contributed by atoms with Gasteiger partial charge >= 0.3 is 6.09 Å². The van der Waals surface area contributed by atoms with Crippen LogP contribution in [0.5, 0.6) is 0 Å². The minimum Gasteiger partial charge on any atom is -0.444 e. The first kappa shape index (κ1) is 24.2. The molecule has 0 unspecified atom stereocenters. The number of likely N-dealkylation sites (tertiary alicyclic amines) is 1. The number of ether oxygens (including phenoxy) is 1. The second kappa shape index (κ2) is 8.87. The molecule has 190 valence electrons. The summed E-state index contributed by atoms with van der Waals surface area (Å²) in [5.74, 6) is 0.699. The van der Waals surface area contributed by atoms with Gasteiger partial charge in [0, 0.05) is 54.4 Å². The number of fused-ring (bicyclic) bond motifs is 2. The highest BCUT2D eigenvalue weighted by Crippen LogP contribution is 2.39. The smallest absolute Gasteiger partial charge is 0.410 e. The minimum absolute atomic E-state index is 0.0269. The molecule has 3 aromatic heterocycles. The summed E-state index contributed by atoms with van der Waals surface area (Å²) in [6.45, 7) is 11.6. The van der Waals surface area contributed by atoms with Crippen LogP contribution in [0.4, 0.5) is 4.79 Å². The number of amides is 1. The van der Waals surface area contributed by atoms with Crippen LogP contribution < -0.4 is 5.56 Å². The molecule has 4 aromatic rings. The maximum Gasteiger partial charge on any atom is 0.410 e. The Balaban J connectivity index is 1.49. The standard InChI is InChI=1S/C29H36N4O3/c1-17(2)24-21-15-19(18-10-13-33(14-11-18)28(35)36-29(3,4)5)7-8-23(21)31-25(24)22-16-32(6)27(34)26-20(22)9-12-30-26/h7-9,12,15-18,30-31H,10-11,13-14H2,1-6H3. The molecule has 1 aromatic carbocycles. The summed E-state index contributed by atoms with van der Waals surface area (Å²) in [6.07, 6.45) is 5.38. The fraction of sp³-hybridized carbons (Fsp3) is 0.448. The van der Waals surface area contributed by atoms with Crippen LogP contribution in [-0.4, -0.2) is 44.2 Å². The van der Waals surface area contributed by atoms with E-state index in [1.807, 2.05) is 44.1 Å². The first-order valence-electron chi connectivity index (χ1n) is 12.8. The van der Waals surface area contributed by atoms with Gasteiger partial charge in [-0.25, -0.2) is 4.79 Å². The topological polar surface area (TPSA) is 83.1 Å². The zero-order valence-electron chi connectivity index (χ0n) is 22.1. The van der Waals surface area contributed by atoms with Crippen molar-refractivity contribution in [2.24, 2.45) is 7.05 Å². The van der Waals surface area contributed by atoms with E-state index < -0.39 is 5.60 Å². The summed E-state index contributed by atoms with van der Waals surface area (Å²) >= 11 is 0. The van der Waals surface area contributed by atoms with Gasteiger partial charge < -0.3 is 24.2 Å². The molecule has 0 atom stereocenters. The molecule has 0 spiro atoms. The van der Waals surface area contributed by atoms with E-state index in [0.717, 1.165) is 35.0 Å². The lowest BCUT2D eigenvalue weighted by Crippen LogP contribution is -2.41. The first-order valence-corrected chi connectivity index (χ1v) is 12.8. The van der Waals surface area contributed by atoms with Crippen molar-refractivity contribution in [3.8, 4) is 11.3 Å². The fourth-order valence-corrected chi connectivity index (χ4v) is 5.49. The lowest BCUT2D eigenvalue weighted by molar-refractivity contribution is 0.0205. The molecule has 7 nitrogen and oxygen atoms in total. The lowest BCUT2D eigenvalue weighted by atomic mass is 9.87. The molecule has 1 aliphatic rings. The molecule has 2 N–H and O–H groups in total. The maximum atomic E-state index is 12.6. The van der Waals surface area contributed by atoms with Gasteiger partial charge in [-0.2, -0.15) is 0 Å². The normalized spacial score (nSPS) is 15.4. The van der Waals surface area contributed by atoms with Gasteiger partial charge in [0.25, 0.3) is 5.56 Å².